The molecule has 6 nitrogen and oxygen atoms in total. The largest absolute Gasteiger partial charge is 0.335 e. The molecular weight excluding hydrogens is 292 g/mol. The van der Waals surface area contributed by atoms with Crippen molar-refractivity contribution < 1.29 is 9.59 Å². The first-order valence-electron chi connectivity index (χ1n) is 8.64. The molecule has 1 heterocycles. The summed E-state index contributed by atoms with van der Waals surface area (Å²) in [5, 5.41) is 6.87. The Labute approximate surface area is 137 Å². The molecule has 0 atom stereocenters. The van der Waals surface area contributed by atoms with E-state index in [9.17, 15) is 9.59 Å². The van der Waals surface area contributed by atoms with E-state index >= 15 is 0 Å². The maximum absolute atomic E-state index is 12.8. The van der Waals surface area contributed by atoms with E-state index in [0.717, 1.165) is 31.6 Å². The minimum atomic E-state index is -0.133. The van der Waals surface area contributed by atoms with Crippen molar-refractivity contribution in [1.29, 1.82) is 0 Å². The van der Waals surface area contributed by atoms with Crippen LogP contribution in [0.25, 0.3) is 0 Å². The van der Waals surface area contributed by atoms with E-state index in [2.05, 4.69) is 22.2 Å². The number of hydrogen-bond acceptors (Lipinski definition) is 3. The van der Waals surface area contributed by atoms with Crippen LogP contribution in [-0.4, -0.2) is 38.6 Å². The smallest absolute Gasteiger partial charge is 0.244 e. The second-order valence-electron chi connectivity index (χ2n) is 7.05. The Balaban J connectivity index is 1.62. The lowest BCUT2D eigenvalue weighted by atomic mass is 9.86. The van der Waals surface area contributed by atoms with Crippen LogP contribution in [0.1, 0.15) is 52.4 Å². The van der Waals surface area contributed by atoms with Crippen molar-refractivity contribution >= 4 is 17.5 Å². The molecule has 1 N–H and O–H groups in total. The van der Waals surface area contributed by atoms with Gasteiger partial charge in [0.2, 0.25) is 11.8 Å². The van der Waals surface area contributed by atoms with Crippen LogP contribution in [0.4, 0.5) is 5.69 Å². The lowest BCUT2D eigenvalue weighted by Crippen LogP contribution is -2.45. The SMILES string of the molecule is CC(=O)Nc1cnn(CC(=O)N(C2CCC(C)CC2)C2CC2)c1. The number of amides is 2. The van der Waals surface area contributed by atoms with Crippen LogP contribution in [0.5, 0.6) is 0 Å². The Morgan fingerprint density at radius 3 is 2.39 bits per heavy atom. The summed E-state index contributed by atoms with van der Waals surface area (Å²) < 4.78 is 1.62. The molecule has 6 heteroatoms. The summed E-state index contributed by atoms with van der Waals surface area (Å²) >= 11 is 0. The van der Waals surface area contributed by atoms with Gasteiger partial charge in [0.1, 0.15) is 6.54 Å². The van der Waals surface area contributed by atoms with Crippen LogP contribution in [0, 0.1) is 5.92 Å². The van der Waals surface area contributed by atoms with Crippen LogP contribution < -0.4 is 5.32 Å². The Morgan fingerprint density at radius 1 is 1.22 bits per heavy atom. The van der Waals surface area contributed by atoms with Gasteiger partial charge in [-0.15, -0.1) is 0 Å². The first-order valence-corrected chi connectivity index (χ1v) is 8.64. The summed E-state index contributed by atoms with van der Waals surface area (Å²) in [6, 6.07) is 0.836. The van der Waals surface area contributed by atoms with E-state index in [1.807, 2.05) is 0 Å². The van der Waals surface area contributed by atoms with Crippen molar-refractivity contribution in [3.63, 3.8) is 0 Å². The van der Waals surface area contributed by atoms with Gasteiger partial charge in [-0.3, -0.25) is 14.3 Å². The number of nitrogens with one attached hydrogen (secondary N) is 1. The lowest BCUT2D eigenvalue weighted by Gasteiger charge is -2.36. The average molecular weight is 318 g/mol. The fourth-order valence-corrected chi connectivity index (χ4v) is 3.52. The van der Waals surface area contributed by atoms with Crippen molar-refractivity contribution in [2.24, 2.45) is 5.92 Å². The monoisotopic (exact) mass is 318 g/mol. The van der Waals surface area contributed by atoms with E-state index < -0.39 is 0 Å². The third-order valence-electron chi connectivity index (χ3n) is 4.86. The average Bonchev–Trinajstić information content (AvgIpc) is 3.22. The summed E-state index contributed by atoms with van der Waals surface area (Å²) in [6.07, 6.45) is 10.2. The molecule has 2 aliphatic rings. The number of carbonyl (C=O) groups is 2. The number of nitrogens with zero attached hydrogens (tertiary/aromatic N) is 3. The molecule has 126 valence electrons. The van der Waals surface area contributed by atoms with Crippen molar-refractivity contribution in [1.82, 2.24) is 14.7 Å². The molecule has 2 amide bonds. The van der Waals surface area contributed by atoms with Gasteiger partial charge in [0.25, 0.3) is 0 Å². The van der Waals surface area contributed by atoms with Gasteiger partial charge in [-0.2, -0.15) is 5.10 Å². The zero-order valence-electron chi connectivity index (χ0n) is 14.0. The van der Waals surface area contributed by atoms with Crippen LogP contribution in [-0.2, 0) is 16.1 Å². The molecule has 0 aromatic carbocycles. The number of hydrogen-bond donors (Lipinski definition) is 1. The first-order chi connectivity index (χ1) is 11.0. The van der Waals surface area contributed by atoms with Crippen LogP contribution in [0.2, 0.25) is 0 Å². The normalized spacial score (nSPS) is 24.3. The van der Waals surface area contributed by atoms with Crippen molar-refractivity contribution in [2.75, 3.05) is 5.32 Å². The molecule has 0 spiro atoms. The minimum Gasteiger partial charge on any atom is -0.335 e. The summed E-state index contributed by atoms with van der Waals surface area (Å²) in [4.78, 5) is 26.0. The third kappa shape index (κ3) is 4.12. The number of rotatable bonds is 5. The molecule has 1 aromatic rings. The molecule has 2 saturated carbocycles. The van der Waals surface area contributed by atoms with Crippen LogP contribution in [0.15, 0.2) is 12.4 Å². The summed E-state index contributed by atoms with van der Waals surface area (Å²) in [5.41, 5.74) is 0.634. The van der Waals surface area contributed by atoms with E-state index in [0.29, 0.717) is 17.8 Å². The number of aromatic nitrogens is 2. The van der Waals surface area contributed by atoms with Gasteiger partial charge in [-0.1, -0.05) is 6.92 Å². The Kier molecular flexibility index (Phi) is 4.68. The Bertz CT molecular complexity index is 571. The molecule has 0 aliphatic heterocycles. The molecular formula is C17H26N4O2. The molecule has 2 fully saturated rings. The highest BCUT2D eigenvalue weighted by atomic mass is 16.2. The fraction of sp³-hybridized carbons (Fsp3) is 0.706. The lowest BCUT2D eigenvalue weighted by molar-refractivity contribution is -0.136. The molecule has 2 aliphatic carbocycles. The van der Waals surface area contributed by atoms with Crippen molar-refractivity contribution in [3.05, 3.63) is 12.4 Å². The predicted molar refractivity (Wildman–Crippen MR) is 87.8 cm³/mol. The maximum Gasteiger partial charge on any atom is 0.244 e. The zero-order chi connectivity index (χ0) is 16.4. The van der Waals surface area contributed by atoms with Gasteiger partial charge in [0.05, 0.1) is 11.9 Å². The van der Waals surface area contributed by atoms with Gasteiger partial charge in [-0.05, 0) is 44.4 Å². The summed E-state index contributed by atoms with van der Waals surface area (Å²) in [6.45, 7) is 4.01. The standard InChI is InChI=1S/C17H26N4O2/c1-12-3-5-15(6-4-12)21(16-7-8-16)17(23)11-20-10-14(9-18-20)19-13(2)22/h9-10,12,15-16H,3-8,11H2,1-2H3,(H,19,22). The van der Waals surface area contributed by atoms with E-state index in [1.165, 1.54) is 19.8 Å². The molecule has 0 saturated heterocycles. The van der Waals surface area contributed by atoms with E-state index in [-0.39, 0.29) is 18.4 Å². The zero-order valence-corrected chi connectivity index (χ0v) is 14.0. The van der Waals surface area contributed by atoms with Gasteiger partial charge < -0.3 is 10.2 Å². The molecule has 0 radical (unpaired) electrons. The minimum absolute atomic E-state index is 0.133. The van der Waals surface area contributed by atoms with E-state index in [4.69, 9.17) is 0 Å². The number of anilines is 1. The van der Waals surface area contributed by atoms with Crippen molar-refractivity contribution in [3.8, 4) is 0 Å². The highest BCUT2D eigenvalue weighted by molar-refractivity contribution is 5.88. The highest BCUT2D eigenvalue weighted by Gasteiger charge is 2.38. The number of carbonyl (C=O) groups excluding carboxylic acids is 2. The first kappa shape index (κ1) is 16.0. The van der Waals surface area contributed by atoms with Crippen LogP contribution >= 0.6 is 0 Å². The molecule has 0 unspecified atom stereocenters. The second kappa shape index (κ2) is 6.72. The van der Waals surface area contributed by atoms with Crippen LogP contribution in [0.3, 0.4) is 0 Å². The third-order valence-corrected chi connectivity index (χ3v) is 4.86. The quantitative estimate of drug-likeness (QED) is 0.906. The van der Waals surface area contributed by atoms with Gasteiger partial charge in [0.15, 0.2) is 0 Å². The van der Waals surface area contributed by atoms with E-state index in [1.54, 1.807) is 17.1 Å². The summed E-state index contributed by atoms with van der Waals surface area (Å²) in [7, 11) is 0. The van der Waals surface area contributed by atoms with Crippen molar-refractivity contribution in [2.45, 2.75) is 71.0 Å². The topological polar surface area (TPSA) is 67.2 Å². The highest BCUT2D eigenvalue weighted by Crippen LogP contribution is 2.35. The predicted octanol–water partition coefficient (Wildman–Crippen LogP) is 2.41. The fourth-order valence-electron chi connectivity index (χ4n) is 3.52. The second-order valence-corrected chi connectivity index (χ2v) is 7.05. The molecule has 3 rings (SSSR count). The Morgan fingerprint density at radius 2 is 1.83 bits per heavy atom. The summed E-state index contributed by atoms with van der Waals surface area (Å²) in [5.74, 6) is 0.810. The molecule has 0 bridgehead atoms. The van der Waals surface area contributed by atoms with Gasteiger partial charge >= 0.3 is 0 Å². The van der Waals surface area contributed by atoms with Gasteiger partial charge in [0, 0.05) is 25.2 Å². The van der Waals surface area contributed by atoms with Gasteiger partial charge in [-0.25, -0.2) is 0 Å². The maximum atomic E-state index is 12.8. The Hall–Kier alpha value is -1.85. The molecule has 23 heavy (non-hydrogen) atoms. The molecule has 1 aromatic heterocycles.